The molecule has 32 heavy (non-hydrogen) atoms. The SMILES string of the molecule is CN1CCN(CCCNC(=O)c2ccc(N(Cc3ccc(Cl)cc3)S(C)(=O)=O)cc2)CC1. The summed E-state index contributed by atoms with van der Waals surface area (Å²) in [6, 6.07) is 13.7. The first kappa shape index (κ1) is 24.5. The standard InChI is InChI=1S/C23H31ClN4O3S/c1-26-14-16-27(17-15-26)13-3-12-25-23(29)20-6-10-22(11-7-20)28(32(2,30)31)18-19-4-8-21(24)9-5-19/h4-11H,3,12-18H2,1-2H3,(H,25,29). The molecule has 2 aromatic rings. The number of nitrogens with zero attached hydrogens (tertiary/aromatic N) is 3. The summed E-state index contributed by atoms with van der Waals surface area (Å²) >= 11 is 5.92. The van der Waals surface area contributed by atoms with E-state index in [0.29, 0.717) is 22.8 Å². The molecule has 1 N–H and O–H groups in total. The Hall–Kier alpha value is -2.13. The lowest BCUT2D eigenvalue weighted by Gasteiger charge is -2.32. The van der Waals surface area contributed by atoms with Gasteiger partial charge in [0.2, 0.25) is 10.0 Å². The molecule has 0 radical (unpaired) electrons. The topological polar surface area (TPSA) is 73.0 Å². The fourth-order valence-corrected chi connectivity index (χ4v) is 4.63. The predicted molar refractivity (Wildman–Crippen MR) is 130 cm³/mol. The summed E-state index contributed by atoms with van der Waals surface area (Å²) in [6.45, 7) is 6.08. The van der Waals surface area contributed by atoms with Crippen LogP contribution in [0.3, 0.4) is 0 Å². The van der Waals surface area contributed by atoms with Crippen LogP contribution in [0.2, 0.25) is 5.02 Å². The van der Waals surface area contributed by atoms with Crippen molar-refractivity contribution in [3.05, 3.63) is 64.7 Å². The van der Waals surface area contributed by atoms with Crippen LogP contribution in [0.25, 0.3) is 0 Å². The van der Waals surface area contributed by atoms with E-state index in [9.17, 15) is 13.2 Å². The van der Waals surface area contributed by atoms with E-state index >= 15 is 0 Å². The van der Waals surface area contributed by atoms with Gasteiger partial charge in [-0.25, -0.2) is 8.42 Å². The van der Waals surface area contributed by atoms with Gasteiger partial charge in [-0.05, 0) is 62.0 Å². The number of carbonyl (C=O) groups excluding carboxylic acids is 1. The number of likely N-dealkylation sites (N-methyl/N-ethyl adjacent to an activating group) is 1. The van der Waals surface area contributed by atoms with Gasteiger partial charge in [0.25, 0.3) is 5.91 Å². The summed E-state index contributed by atoms with van der Waals surface area (Å²) in [5, 5.41) is 3.55. The molecule has 2 aromatic carbocycles. The van der Waals surface area contributed by atoms with E-state index in [4.69, 9.17) is 11.6 Å². The Bertz CT molecular complexity index is 989. The molecule has 0 aliphatic carbocycles. The molecule has 0 atom stereocenters. The first-order valence-corrected chi connectivity index (χ1v) is 13.0. The molecule has 174 valence electrons. The Kier molecular flexibility index (Phi) is 8.53. The van der Waals surface area contributed by atoms with Crippen LogP contribution in [-0.4, -0.2) is 76.7 Å². The maximum atomic E-state index is 12.5. The highest BCUT2D eigenvalue weighted by Crippen LogP contribution is 2.22. The second-order valence-electron chi connectivity index (χ2n) is 8.20. The zero-order chi connectivity index (χ0) is 23.1. The third-order valence-electron chi connectivity index (χ3n) is 5.59. The first-order valence-electron chi connectivity index (χ1n) is 10.7. The highest BCUT2D eigenvalue weighted by molar-refractivity contribution is 7.92. The second-order valence-corrected chi connectivity index (χ2v) is 10.5. The molecule has 9 heteroatoms. The summed E-state index contributed by atoms with van der Waals surface area (Å²) in [5.74, 6) is -0.154. The van der Waals surface area contributed by atoms with E-state index in [-0.39, 0.29) is 12.5 Å². The lowest BCUT2D eigenvalue weighted by Crippen LogP contribution is -2.45. The molecule has 3 rings (SSSR count). The molecule has 0 saturated carbocycles. The van der Waals surface area contributed by atoms with Crippen LogP contribution in [0.15, 0.2) is 48.5 Å². The van der Waals surface area contributed by atoms with Crippen LogP contribution in [0.5, 0.6) is 0 Å². The number of rotatable bonds is 9. The fourth-order valence-electron chi connectivity index (χ4n) is 3.61. The molecule has 1 aliphatic rings. The molecule has 7 nitrogen and oxygen atoms in total. The van der Waals surface area contributed by atoms with Crippen molar-refractivity contribution < 1.29 is 13.2 Å². The van der Waals surface area contributed by atoms with E-state index in [1.54, 1.807) is 48.5 Å². The monoisotopic (exact) mass is 478 g/mol. The number of piperazine rings is 1. The van der Waals surface area contributed by atoms with Gasteiger partial charge in [-0.3, -0.25) is 9.10 Å². The van der Waals surface area contributed by atoms with Gasteiger partial charge in [-0.1, -0.05) is 23.7 Å². The van der Waals surface area contributed by atoms with E-state index in [2.05, 4.69) is 22.2 Å². The van der Waals surface area contributed by atoms with Crippen molar-refractivity contribution >= 4 is 33.2 Å². The van der Waals surface area contributed by atoms with E-state index in [0.717, 1.165) is 44.7 Å². The van der Waals surface area contributed by atoms with Gasteiger partial charge < -0.3 is 15.1 Å². The maximum absolute atomic E-state index is 12.5. The number of benzene rings is 2. The van der Waals surface area contributed by atoms with Gasteiger partial charge in [0, 0.05) is 43.3 Å². The Morgan fingerprint density at radius 1 is 1.03 bits per heavy atom. The van der Waals surface area contributed by atoms with Crippen molar-refractivity contribution in [1.29, 1.82) is 0 Å². The largest absolute Gasteiger partial charge is 0.352 e. The molecule has 0 unspecified atom stereocenters. The van der Waals surface area contributed by atoms with Crippen LogP contribution >= 0.6 is 11.6 Å². The van der Waals surface area contributed by atoms with Gasteiger partial charge in [0.15, 0.2) is 0 Å². The van der Waals surface area contributed by atoms with E-state index in [1.165, 1.54) is 10.6 Å². The highest BCUT2D eigenvalue weighted by Gasteiger charge is 2.19. The molecule has 1 amide bonds. The maximum Gasteiger partial charge on any atom is 0.251 e. The third-order valence-corrected chi connectivity index (χ3v) is 6.98. The van der Waals surface area contributed by atoms with E-state index < -0.39 is 10.0 Å². The smallest absolute Gasteiger partial charge is 0.251 e. The number of halogens is 1. The number of anilines is 1. The van der Waals surface area contributed by atoms with Crippen molar-refractivity contribution in [3.63, 3.8) is 0 Å². The Morgan fingerprint density at radius 2 is 1.66 bits per heavy atom. The Morgan fingerprint density at radius 3 is 2.25 bits per heavy atom. The molecule has 1 aliphatic heterocycles. The summed E-state index contributed by atoms with van der Waals surface area (Å²) < 4.78 is 26.0. The van der Waals surface area contributed by atoms with Gasteiger partial charge >= 0.3 is 0 Å². The molecular formula is C23H31ClN4O3S. The first-order chi connectivity index (χ1) is 15.2. The quantitative estimate of drug-likeness (QED) is 0.561. The summed E-state index contributed by atoms with van der Waals surface area (Å²) in [6.07, 6.45) is 2.07. The number of amides is 1. The fraction of sp³-hybridized carbons (Fsp3) is 0.435. The van der Waals surface area contributed by atoms with Crippen molar-refractivity contribution in [3.8, 4) is 0 Å². The van der Waals surface area contributed by atoms with Gasteiger partial charge in [0.1, 0.15) is 0 Å². The Balaban J connectivity index is 1.54. The zero-order valence-electron chi connectivity index (χ0n) is 18.6. The summed E-state index contributed by atoms with van der Waals surface area (Å²) in [7, 11) is -1.36. The molecule has 0 bridgehead atoms. The molecule has 0 spiro atoms. The van der Waals surface area contributed by atoms with Crippen molar-refractivity contribution in [2.24, 2.45) is 0 Å². The molecule has 0 aromatic heterocycles. The number of nitrogens with one attached hydrogen (secondary N) is 1. The van der Waals surface area contributed by atoms with Crippen molar-refractivity contribution in [1.82, 2.24) is 15.1 Å². The Labute approximate surface area is 196 Å². The predicted octanol–water partition coefficient (Wildman–Crippen LogP) is 2.67. The third kappa shape index (κ3) is 7.20. The minimum Gasteiger partial charge on any atom is -0.352 e. The van der Waals surface area contributed by atoms with E-state index in [1.807, 2.05) is 0 Å². The molecule has 1 saturated heterocycles. The van der Waals surface area contributed by atoms with Crippen LogP contribution < -0.4 is 9.62 Å². The molecule has 1 heterocycles. The summed E-state index contributed by atoms with van der Waals surface area (Å²) in [5.41, 5.74) is 1.84. The number of sulfonamides is 1. The lowest BCUT2D eigenvalue weighted by atomic mass is 10.1. The normalized spacial score (nSPS) is 15.5. The van der Waals surface area contributed by atoms with Crippen LogP contribution in [0, 0.1) is 0 Å². The average molecular weight is 479 g/mol. The number of carbonyl (C=O) groups is 1. The van der Waals surface area contributed by atoms with Gasteiger partial charge in [-0.15, -0.1) is 0 Å². The van der Waals surface area contributed by atoms with Crippen LogP contribution in [-0.2, 0) is 16.6 Å². The van der Waals surface area contributed by atoms with Crippen LogP contribution in [0.1, 0.15) is 22.3 Å². The van der Waals surface area contributed by atoms with Gasteiger partial charge in [0.05, 0.1) is 18.5 Å². The number of hydrogen-bond donors (Lipinski definition) is 1. The van der Waals surface area contributed by atoms with Gasteiger partial charge in [-0.2, -0.15) is 0 Å². The zero-order valence-corrected chi connectivity index (χ0v) is 20.2. The average Bonchev–Trinajstić information content (AvgIpc) is 2.77. The van der Waals surface area contributed by atoms with Crippen molar-refractivity contribution in [2.75, 3.05) is 56.9 Å². The highest BCUT2D eigenvalue weighted by atomic mass is 35.5. The minimum absolute atomic E-state index is 0.154. The minimum atomic E-state index is -3.50. The molecular weight excluding hydrogens is 448 g/mol. The second kappa shape index (κ2) is 11.1. The van der Waals surface area contributed by atoms with Crippen molar-refractivity contribution in [2.45, 2.75) is 13.0 Å². The lowest BCUT2D eigenvalue weighted by molar-refractivity contribution is 0.0949. The van der Waals surface area contributed by atoms with Crippen LogP contribution in [0.4, 0.5) is 5.69 Å². The number of hydrogen-bond acceptors (Lipinski definition) is 5. The molecule has 1 fully saturated rings. The summed E-state index contributed by atoms with van der Waals surface area (Å²) in [4.78, 5) is 17.2.